The number of hydrogen-bond acceptors (Lipinski definition) is 5. The molecular formula is C25H31NO5. The third-order valence-corrected chi connectivity index (χ3v) is 5.59. The third kappa shape index (κ3) is 5.07. The van der Waals surface area contributed by atoms with Gasteiger partial charge in [-0.3, -0.25) is 0 Å². The van der Waals surface area contributed by atoms with Gasteiger partial charge in [-0.25, -0.2) is 9.59 Å². The zero-order chi connectivity index (χ0) is 22.6. The van der Waals surface area contributed by atoms with Crippen molar-refractivity contribution in [3.05, 3.63) is 71.3 Å². The molecule has 2 aromatic carbocycles. The molecule has 1 N–H and O–H groups in total. The average Bonchev–Trinajstić information content (AvgIpc) is 2.77. The molecule has 0 bridgehead atoms. The van der Waals surface area contributed by atoms with Crippen molar-refractivity contribution in [2.75, 3.05) is 20.2 Å². The molecule has 1 amide bonds. The number of piperidine rings is 1. The number of carbonyl (C=O) groups is 2. The Kier molecular flexibility index (Phi) is 6.70. The van der Waals surface area contributed by atoms with Gasteiger partial charge in [-0.1, -0.05) is 54.6 Å². The van der Waals surface area contributed by atoms with E-state index in [1.807, 2.05) is 45.0 Å². The van der Waals surface area contributed by atoms with Crippen molar-refractivity contribution in [2.45, 2.75) is 50.7 Å². The summed E-state index contributed by atoms with van der Waals surface area (Å²) in [6.07, 6.45) is 1.28. The highest BCUT2D eigenvalue weighted by atomic mass is 16.6. The lowest BCUT2D eigenvalue weighted by Crippen LogP contribution is -2.41. The van der Waals surface area contributed by atoms with E-state index in [1.54, 1.807) is 35.2 Å². The molecule has 6 nitrogen and oxygen atoms in total. The molecule has 1 aliphatic rings. The Balaban J connectivity index is 1.80. The molecule has 166 valence electrons. The van der Waals surface area contributed by atoms with Crippen LogP contribution in [0.15, 0.2) is 54.6 Å². The minimum absolute atomic E-state index is 0.219. The van der Waals surface area contributed by atoms with Crippen LogP contribution in [0.5, 0.6) is 0 Å². The summed E-state index contributed by atoms with van der Waals surface area (Å²) >= 11 is 0. The third-order valence-electron chi connectivity index (χ3n) is 5.59. The molecular weight excluding hydrogens is 394 g/mol. The van der Waals surface area contributed by atoms with Crippen LogP contribution in [0.3, 0.4) is 0 Å². The van der Waals surface area contributed by atoms with E-state index in [1.165, 1.54) is 7.11 Å². The summed E-state index contributed by atoms with van der Waals surface area (Å²) in [5.74, 6) is -0.507. The molecule has 0 radical (unpaired) electrons. The van der Waals surface area contributed by atoms with Crippen molar-refractivity contribution < 1.29 is 24.2 Å². The second-order valence-electron chi connectivity index (χ2n) is 8.94. The highest BCUT2D eigenvalue weighted by Crippen LogP contribution is 2.35. The second-order valence-corrected chi connectivity index (χ2v) is 8.94. The molecule has 1 aliphatic heterocycles. The van der Waals surface area contributed by atoms with Crippen LogP contribution in [0.4, 0.5) is 4.79 Å². The first-order valence-corrected chi connectivity index (χ1v) is 10.6. The molecule has 1 fully saturated rings. The summed E-state index contributed by atoms with van der Waals surface area (Å²) in [5, 5.41) is 11.4. The van der Waals surface area contributed by atoms with E-state index in [4.69, 9.17) is 9.47 Å². The number of esters is 1. The summed E-state index contributed by atoms with van der Waals surface area (Å²) in [4.78, 5) is 26.7. The van der Waals surface area contributed by atoms with Crippen LogP contribution in [0, 0.1) is 0 Å². The molecule has 0 spiro atoms. The molecule has 1 heterocycles. The SMILES string of the molecule is COC(=O)[C@](O)(c1ccccc1)c1cccc(C2CCN(C(=O)OC(C)(C)C)CC2)c1. The molecule has 1 saturated heterocycles. The van der Waals surface area contributed by atoms with Gasteiger partial charge >= 0.3 is 12.1 Å². The first-order chi connectivity index (χ1) is 14.6. The van der Waals surface area contributed by atoms with Gasteiger partial charge in [0.05, 0.1) is 7.11 Å². The van der Waals surface area contributed by atoms with Gasteiger partial charge in [-0.05, 0) is 56.2 Å². The van der Waals surface area contributed by atoms with Crippen LogP contribution >= 0.6 is 0 Å². The Morgan fingerprint density at radius 2 is 1.58 bits per heavy atom. The molecule has 2 aromatic rings. The predicted molar refractivity (Wildman–Crippen MR) is 118 cm³/mol. The topological polar surface area (TPSA) is 76.1 Å². The van der Waals surface area contributed by atoms with Crippen LogP contribution < -0.4 is 0 Å². The van der Waals surface area contributed by atoms with Gasteiger partial charge in [-0.15, -0.1) is 0 Å². The molecule has 0 saturated carbocycles. The largest absolute Gasteiger partial charge is 0.466 e. The first-order valence-electron chi connectivity index (χ1n) is 10.6. The summed E-state index contributed by atoms with van der Waals surface area (Å²) in [7, 11) is 1.27. The van der Waals surface area contributed by atoms with E-state index >= 15 is 0 Å². The fraction of sp³-hybridized carbons (Fsp3) is 0.440. The van der Waals surface area contributed by atoms with Crippen LogP contribution in [-0.4, -0.2) is 47.9 Å². The molecule has 31 heavy (non-hydrogen) atoms. The van der Waals surface area contributed by atoms with Crippen molar-refractivity contribution in [3.8, 4) is 0 Å². The first kappa shape index (κ1) is 22.8. The lowest BCUT2D eigenvalue weighted by atomic mass is 9.82. The smallest absolute Gasteiger partial charge is 0.410 e. The molecule has 0 aliphatic carbocycles. The van der Waals surface area contributed by atoms with E-state index in [2.05, 4.69) is 0 Å². The standard InChI is InChI=1S/C25H31NO5/c1-24(2,3)31-23(28)26-15-13-18(14-16-26)19-9-8-12-21(17-19)25(29,22(27)30-4)20-10-6-5-7-11-20/h5-12,17-18,29H,13-16H2,1-4H3/t25-/m0/s1. The van der Waals surface area contributed by atoms with Crippen LogP contribution in [-0.2, 0) is 19.9 Å². The number of nitrogens with zero attached hydrogens (tertiary/aromatic N) is 1. The van der Waals surface area contributed by atoms with Crippen molar-refractivity contribution in [1.82, 2.24) is 4.90 Å². The van der Waals surface area contributed by atoms with Gasteiger partial charge in [0.2, 0.25) is 5.60 Å². The molecule has 1 atom stereocenters. The van der Waals surface area contributed by atoms with Crippen LogP contribution in [0.1, 0.15) is 56.2 Å². The monoisotopic (exact) mass is 425 g/mol. The second kappa shape index (κ2) is 9.10. The Hall–Kier alpha value is -2.86. The van der Waals surface area contributed by atoms with E-state index in [0.29, 0.717) is 24.2 Å². The fourth-order valence-corrected chi connectivity index (χ4v) is 3.97. The number of ether oxygens (including phenoxy) is 2. The van der Waals surface area contributed by atoms with Gasteiger partial charge in [0.1, 0.15) is 5.60 Å². The maximum atomic E-state index is 12.6. The minimum atomic E-state index is -1.89. The highest BCUT2D eigenvalue weighted by molar-refractivity contribution is 5.85. The average molecular weight is 426 g/mol. The van der Waals surface area contributed by atoms with E-state index in [0.717, 1.165) is 18.4 Å². The molecule has 0 unspecified atom stereocenters. The lowest BCUT2D eigenvalue weighted by Gasteiger charge is -2.34. The number of rotatable bonds is 4. The van der Waals surface area contributed by atoms with Gasteiger partial charge in [0.15, 0.2) is 0 Å². The van der Waals surface area contributed by atoms with E-state index in [-0.39, 0.29) is 12.0 Å². The van der Waals surface area contributed by atoms with E-state index < -0.39 is 17.2 Å². The summed E-state index contributed by atoms with van der Waals surface area (Å²) in [5.41, 5.74) is -0.447. The van der Waals surface area contributed by atoms with Gasteiger partial charge in [0.25, 0.3) is 0 Å². The maximum Gasteiger partial charge on any atom is 0.410 e. The molecule has 6 heteroatoms. The Labute approximate surface area is 183 Å². The number of hydrogen-bond donors (Lipinski definition) is 1. The normalized spacial score (nSPS) is 17.0. The number of benzene rings is 2. The number of amides is 1. The zero-order valence-corrected chi connectivity index (χ0v) is 18.6. The summed E-state index contributed by atoms with van der Waals surface area (Å²) in [6, 6.07) is 16.3. The van der Waals surface area contributed by atoms with Gasteiger partial charge in [-0.2, -0.15) is 0 Å². The number of carbonyl (C=O) groups excluding carboxylic acids is 2. The lowest BCUT2D eigenvalue weighted by molar-refractivity contribution is -0.158. The highest BCUT2D eigenvalue weighted by Gasteiger charge is 2.41. The maximum absolute atomic E-state index is 12.6. The van der Waals surface area contributed by atoms with Crippen molar-refractivity contribution in [2.24, 2.45) is 0 Å². The van der Waals surface area contributed by atoms with Crippen LogP contribution in [0.2, 0.25) is 0 Å². The number of aliphatic hydroxyl groups is 1. The zero-order valence-electron chi connectivity index (χ0n) is 18.6. The summed E-state index contributed by atoms with van der Waals surface area (Å²) < 4.78 is 10.4. The quantitative estimate of drug-likeness (QED) is 0.743. The van der Waals surface area contributed by atoms with Crippen molar-refractivity contribution >= 4 is 12.1 Å². The van der Waals surface area contributed by atoms with E-state index in [9.17, 15) is 14.7 Å². The van der Waals surface area contributed by atoms with Gasteiger partial charge < -0.3 is 19.5 Å². The van der Waals surface area contributed by atoms with Gasteiger partial charge in [0, 0.05) is 13.1 Å². The minimum Gasteiger partial charge on any atom is -0.466 e. The predicted octanol–water partition coefficient (Wildman–Crippen LogP) is 4.21. The Morgan fingerprint density at radius 3 is 2.16 bits per heavy atom. The number of likely N-dealkylation sites (tertiary alicyclic amines) is 1. The fourth-order valence-electron chi connectivity index (χ4n) is 3.97. The Morgan fingerprint density at radius 1 is 0.968 bits per heavy atom. The molecule has 3 rings (SSSR count). The molecule has 0 aromatic heterocycles. The Bertz CT molecular complexity index is 913. The van der Waals surface area contributed by atoms with Crippen molar-refractivity contribution in [1.29, 1.82) is 0 Å². The summed E-state index contributed by atoms with van der Waals surface area (Å²) in [6.45, 7) is 6.78. The van der Waals surface area contributed by atoms with Crippen molar-refractivity contribution in [3.63, 3.8) is 0 Å². The number of methoxy groups -OCH3 is 1. The van der Waals surface area contributed by atoms with Crippen LogP contribution in [0.25, 0.3) is 0 Å².